The number of hydrogen-bond donors (Lipinski definition) is 1. The summed E-state index contributed by atoms with van der Waals surface area (Å²) in [5.41, 5.74) is 1.20. The van der Waals surface area contributed by atoms with Crippen molar-refractivity contribution >= 4 is 0 Å². The van der Waals surface area contributed by atoms with E-state index in [1.54, 1.807) is 7.11 Å². The van der Waals surface area contributed by atoms with E-state index in [4.69, 9.17) is 14.2 Å². The Morgan fingerprint density at radius 1 is 1.18 bits per heavy atom. The van der Waals surface area contributed by atoms with Crippen LogP contribution in [0, 0.1) is 0 Å². The Balaban J connectivity index is 1.48. The Morgan fingerprint density at radius 3 is 2.64 bits per heavy atom. The SMILES string of the molecule is COc1cc(CN2CCOCC2)ccc1OC[C@H](O)CN(C)C1CCCCC1. The third-order valence-electron chi connectivity index (χ3n) is 5.87. The fourth-order valence-corrected chi connectivity index (χ4v) is 4.19. The lowest BCUT2D eigenvalue weighted by molar-refractivity contribution is 0.0341. The predicted octanol–water partition coefficient (Wildman–Crippen LogP) is 2.53. The topological polar surface area (TPSA) is 54.4 Å². The van der Waals surface area contributed by atoms with Crippen LogP contribution >= 0.6 is 0 Å². The molecule has 1 aliphatic heterocycles. The van der Waals surface area contributed by atoms with Crippen molar-refractivity contribution in [1.29, 1.82) is 0 Å². The van der Waals surface area contributed by atoms with Gasteiger partial charge in [-0.05, 0) is 37.6 Å². The van der Waals surface area contributed by atoms with Crippen molar-refractivity contribution in [3.05, 3.63) is 23.8 Å². The Hall–Kier alpha value is -1.34. The van der Waals surface area contributed by atoms with E-state index in [0.29, 0.717) is 18.3 Å². The summed E-state index contributed by atoms with van der Waals surface area (Å²) in [6.45, 7) is 5.31. The van der Waals surface area contributed by atoms with Crippen LogP contribution in [0.3, 0.4) is 0 Å². The molecule has 1 N–H and O–H groups in total. The molecular formula is C22H36N2O4. The maximum Gasteiger partial charge on any atom is 0.161 e. The molecule has 1 atom stereocenters. The molecule has 6 heteroatoms. The van der Waals surface area contributed by atoms with Crippen LogP contribution in [0.2, 0.25) is 0 Å². The molecule has 0 radical (unpaired) electrons. The molecule has 2 aliphatic rings. The molecule has 0 bridgehead atoms. The van der Waals surface area contributed by atoms with Crippen molar-refractivity contribution in [2.45, 2.75) is 50.8 Å². The largest absolute Gasteiger partial charge is 0.493 e. The number of aliphatic hydroxyl groups excluding tert-OH is 1. The van der Waals surface area contributed by atoms with Crippen molar-refractivity contribution in [2.24, 2.45) is 0 Å². The zero-order chi connectivity index (χ0) is 19.8. The predicted molar refractivity (Wildman–Crippen MR) is 110 cm³/mol. The molecular weight excluding hydrogens is 356 g/mol. The lowest BCUT2D eigenvalue weighted by Gasteiger charge is -2.32. The van der Waals surface area contributed by atoms with Crippen LogP contribution < -0.4 is 9.47 Å². The van der Waals surface area contributed by atoms with E-state index in [9.17, 15) is 5.11 Å². The number of hydrogen-bond acceptors (Lipinski definition) is 6. The van der Waals surface area contributed by atoms with Crippen molar-refractivity contribution in [3.63, 3.8) is 0 Å². The summed E-state index contributed by atoms with van der Waals surface area (Å²) >= 11 is 0. The molecule has 1 aromatic carbocycles. The second kappa shape index (κ2) is 11.0. The lowest BCUT2D eigenvalue weighted by atomic mass is 9.94. The van der Waals surface area contributed by atoms with E-state index in [2.05, 4.69) is 22.9 Å². The zero-order valence-corrected chi connectivity index (χ0v) is 17.4. The minimum Gasteiger partial charge on any atom is -0.493 e. The number of methoxy groups -OCH3 is 1. The number of rotatable bonds is 9. The molecule has 1 saturated heterocycles. The van der Waals surface area contributed by atoms with Crippen LogP contribution in [0.25, 0.3) is 0 Å². The molecule has 0 amide bonds. The van der Waals surface area contributed by atoms with Gasteiger partial charge in [0.05, 0.1) is 20.3 Å². The lowest BCUT2D eigenvalue weighted by Crippen LogP contribution is -2.40. The van der Waals surface area contributed by atoms with Crippen LogP contribution in [0.4, 0.5) is 0 Å². The molecule has 1 aromatic rings. The number of likely N-dealkylation sites (N-methyl/N-ethyl adjacent to an activating group) is 1. The number of nitrogens with zero attached hydrogens (tertiary/aromatic N) is 2. The minimum atomic E-state index is -0.510. The summed E-state index contributed by atoms with van der Waals surface area (Å²) in [7, 11) is 3.77. The van der Waals surface area contributed by atoms with E-state index in [1.165, 1.54) is 37.7 Å². The Morgan fingerprint density at radius 2 is 1.93 bits per heavy atom. The molecule has 158 valence electrons. The highest BCUT2D eigenvalue weighted by molar-refractivity contribution is 5.43. The minimum absolute atomic E-state index is 0.274. The summed E-state index contributed by atoms with van der Waals surface area (Å²) in [5, 5.41) is 10.4. The third-order valence-corrected chi connectivity index (χ3v) is 5.87. The molecule has 0 spiro atoms. The average molecular weight is 393 g/mol. The second-order valence-corrected chi connectivity index (χ2v) is 8.07. The van der Waals surface area contributed by atoms with Gasteiger partial charge >= 0.3 is 0 Å². The van der Waals surface area contributed by atoms with E-state index in [1.807, 2.05) is 12.1 Å². The molecule has 0 unspecified atom stereocenters. The van der Waals surface area contributed by atoms with Gasteiger partial charge in [-0.25, -0.2) is 0 Å². The van der Waals surface area contributed by atoms with Gasteiger partial charge in [0.1, 0.15) is 12.7 Å². The number of benzene rings is 1. The monoisotopic (exact) mass is 392 g/mol. The molecule has 1 saturated carbocycles. The highest BCUT2D eigenvalue weighted by Gasteiger charge is 2.20. The van der Waals surface area contributed by atoms with Gasteiger partial charge in [-0.3, -0.25) is 4.90 Å². The van der Waals surface area contributed by atoms with Gasteiger partial charge in [-0.2, -0.15) is 0 Å². The standard InChI is InChI=1S/C22H36N2O4/c1-23(19-6-4-3-5-7-19)16-20(25)17-28-21-9-8-18(14-22(21)26-2)15-24-10-12-27-13-11-24/h8-9,14,19-20,25H,3-7,10-13,15-17H2,1-2H3/t20-/m1/s1. The van der Waals surface area contributed by atoms with Gasteiger partial charge in [0.2, 0.25) is 0 Å². The summed E-state index contributed by atoms with van der Waals surface area (Å²) in [4.78, 5) is 4.67. The Labute approximate surface area is 169 Å². The second-order valence-electron chi connectivity index (χ2n) is 8.07. The maximum atomic E-state index is 10.4. The fraction of sp³-hybridized carbons (Fsp3) is 0.727. The van der Waals surface area contributed by atoms with Crippen molar-refractivity contribution < 1.29 is 19.3 Å². The number of ether oxygens (including phenoxy) is 3. The summed E-state index contributed by atoms with van der Waals surface area (Å²) in [6.07, 6.45) is 5.91. The van der Waals surface area contributed by atoms with Crippen LogP contribution in [0.1, 0.15) is 37.7 Å². The molecule has 2 fully saturated rings. The van der Waals surface area contributed by atoms with Crippen molar-refractivity contribution in [3.8, 4) is 11.5 Å². The normalized spacial score (nSPS) is 20.3. The third kappa shape index (κ3) is 6.34. The molecule has 28 heavy (non-hydrogen) atoms. The quantitative estimate of drug-likeness (QED) is 0.697. The van der Waals surface area contributed by atoms with Gasteiger partial charge in [0.25, 0.3) is 0 Å². The molecule has 1 aliphatic carbocycles. The Bertz CT molecular complexity index is 586. The fourth-order valence-electron chi connectivity index (χ4n) is 4.19. The van der Waals surface area contributed by atoms with Crippen molar-refractivity contribution in [1.82, 2.24) is 9.80 Å². The average Bonchev–Trinajstić information content (AvgIpc) is 2.74. The van der Waals surface area contributed by atoms with Crippen LogP contribution in [-0.4, -0.2) is 80.7 Å². The summed E-state index contributed by atoms with van der Waals surface area (Å²) in [6, 6.07) is 6.66. The Kier molecular flexibility index (Phi) is 8.40. The zero-order valence-electron chi connectivity index (χ0n) is 17.4. The number of morpholine rings is 1. The molecule has 6 nitrogen and oxygen atoms in total. The van der Waals surface area contributed by atoms with E-state index >= 15 is 0 Å². The van der Waals surface area contributed by atoms with Gasteiger partial charge in [0.15, 0.2) is 11.5 Å². The smallest absolute Gasteiger partial charge is 0.161 e. The van der Waals surface area contributed by atoms with Gasteiger partial charge in [-0.15, -0.1) is 0 Å². The highest BCUT2D eigenvalue weighted by atomic mass is 16.5. The first-order valence-electron chi connectivity index (χ1n) is 10.6. The van der Waals surface area contributed by atoms with Crippen LogP contribution in [0.5, 0.6) is 11.5 Å². The van der Waals surface area contributed by atoms with Gasteiger partial charge in [0, 0.05) is 32.2 Å². The van der Waals surface area contributed by atoms with Crippen LogP contribution in [0.15, 0.2) is 18.2 Å². The molecule has 3 rings (SSSR count). The first-order valence-corrected chi connectivity index (χ1v) is 10.6. The van der Waals surface area contributed by atoms with Crippen molar-refractivity contribution in [2.75, 3.05) is 53.6 Å². The molecule has 1 heterocycles. The van der Waals surface area contributed by atoms with E-state index in [0.717, 1.165) is 38.6 Å². The summed E-state index contributed by atoms with van der Waals surface area (Å²) < 4.78 is 16.8. The first-order chi connectivity index (χ1) is 13.7. The first kappa shape index (κ1) is 21.4. The van der Waals surface area contributed by atoms with E-state index in [-0.39, 0.29) is 6.61 Å². The van der Waals surface area contributed by atoms with Crippen LogP contribution in [-0.2, 0) is 11.3 Å². The maximum absolute atomic E-state index is 10.4. The van der Waals surface area contributed by atoms with Gasteiger partial charge < -0.3 is 24.2 Å². The highest BCUT2D eigenvalue weighted by Crippen LogP contribution is 2.29. The van der Waals surface area contributed by atoms with Gasteiger partial charge in [-0.1, -0.05) is 25.3 Å². The number of aliphatic hydroxyl groups is 1. The van der Waals surface area contributed by atoms with E-state index < -0.39 is 6.10 Å². The summed E-state index contributed by atoms with van der Waals surface area (Å²) in [5.74, 6) is 1.41. The molecule has 0 aromatic heterocycles.